The molecule has 11 heteroatoms. The number of halogens is 1. The molecule has 0 bridgehead atoms. The molecule has 0 aliphatic carbocycles. The first-order valence-electron chi connectivity index (χ1n) is 8.11. The smallest absolute Gasteiger partial charge is 0.265 e. The molecular weight excluding hydrogens is 438 g/mol. The van der Waals surface area contributed by atoms with E-state index in [1.54, 1.807) is 24.3 Å². The molecule has 1 aromatic heterocycles. The molecule has 0 radical (unpaired) electrons. The minimum atomic E-state index is -3.98. The number of aromatic nitrogens is 2. The van der Waals surface area contributed by atoms with Gasteiger partial charge in [-0.05, 0) is 42.5 Å². The molecule has 2 aromatic carbocycles. The van der Waals surface area contributed by atoms with Gasteiger partial charge in [-0.15, -0.1) is 10.2 Å². The van der Waals surface area contributed by atoms with Crippen LogP contribution in [0.15, 0.2) is 64.5 Å². The van der Waals surface area contributed by atoms with Crippen molar-refractivity contribution in [3.8, 4) is 17.0 Å². The summed E-state index contributed by atoms with van der Waals surface area (Å²) in [7, 11) is -6.08. The van der Waals surface area contributed by atoms with Crippen molar-refractivity contribution in [1.29, 1.82) is 0 Å². The van der Waals surface area contributed by atoms with Crippen molar-refractivity contribution < 1.29 is 21.6 Å². The van der Waals surface area contributed by atoms with Gasteiger partial charge >= 0.3 is 0 Å². The van der Waals surface area contributed by atoms with Crippen molar-refractivity contribution in [3.63, 3.8) is 0 Å². The highest BCUT2D eigenvalue weighted by Crippen LogP contribution is 2.29. The zero-order valence-electron chi connectivity index (χ0n) is 15.3. The molecule has 8 nitrogen and oxygen atoms in total. The quantitative estimate of drug-likeness (QED) is 0.609. The SMILES string of the molecule is COc1ccc(Cl)cc1S(=O)(=O)Nc1cccc(-c2ccc(S(C)(=O)=O)nn2)c1. The van der Waals surface area contributed by atoms with Gasteiger partial charge in [-0.1, -0.05) is 23.7 Å². The van der Waals surface area contributed by atoms with Crippen molar-refractivity contribution in [2.45, 2.75) is 9.92 Å². The van der Waals surface area contributed by atoms with E-state index in [4.69, 9.17) is 16.3 Å². The molecule has 0 spiro atoms. The fourth-order valence-corrected chi connectivity index (χ4v) is 4.47. The maximum absolute atomic E-state index is 12.8. The lowest BCUT2D eigenvalue weighted by atomic mass is 10.1. The molecule has 1 heterocycles. The highest BCUT2D eigenvalue weighted by Gasteiger charge is 2.20. The number of anilines is 1. The van der Waals surface area contributed by atoms with Gasteiger partial charge in [-0.2, -0.15) is 0 Å². The Balaban J connectivity index is 1.93. The van der Waals surface area contributed by atoms with Crippen LogP contribution in [0.25, 0.3) is 11.3 Å². The van der Waals surface area contributed by atoms with Gasteiger partial charge in [0.1, 0.15) is 10.6 Å². The van der Waals surface area contributed by atoms with Gasteiger partial charge in [0.2, 0.25) is 0 Å². The number of rotatable bonds is 6. The van der Waals surface area contributed by atoms with Crippen LogP contribution in [0, 0.1) is 0 Å². The molecule has 0 atom stereocenters. The zero-order chi connectivity index (χ0) is 21.2. The first kappa shape index (κ1) is 21.0. The van der Waals surface area contributed by atoms with Crippen LogP contribution >= 0.6 is 11.6 Å². The number of sulfone groups is 1. The Morgan fingerprint density at radius 1 is 0.966 bits per heavy atom. The Morgan fingerprint density at radius 2 is 1.72 bits per heavy atom. The number of benzene rings is 2. The van der Waals surface area contributed by atoms with Gasteiger partial charge in [0.25, 0.3) is 10.0 Å². The van der Waals surface area contributed by atoms with Crippen LogP contribution in [-0.4, -0.2) is 40.4 Å². The Bertz CT molecular complexity index is 1260. The van der Waals surface area contributed by atoms with Crippen molar-refractivity contribution in [2.75, 3.05) is 18.1 Å². The van der Waals surface area contributed by atoms with Crippen molar-refractivity contribution in [3.05, 3.63) is 59.6 Å². The average Bonchev–Trinajstić information content (AvgIpc) is 2.67. The van der Waals surface area contributed by atoms with Gasteiger partial charge in [0.05, 0.1) is 12.8 Å². The van der Waals surface area contributed by atoms with Gasteiger partial charge < -0.3 is 4.74 Å². The molecule has 1 N–H and O–H groups in total. The molecular formula is C18H16ClN3O5S2. The van der Waals surface area contributed by atoms with E-state index >= 15 is 0 Å². The first-order valence-corrected chi connectivity index (χ1v) is 11.9. The molecule has 3 rings (SSSR count). The second kappa shape index (κ2) is 7.97. The summed E-state index contributed by atoms with van der Waals surface area (Å²) < 4.78 is 56.2. The number of sulfonamides is 1. The molecule has 0 aliphatic heterocycles. The van der Waals surface area contributed by atoms with Crippen molar-refractivity contribution in [1.82, 2.24) is 10.2 Å². The first-order chi connectivity index (χ1) is 13.6. The predicted octanol–water partition coefficient (Wildman–Crippen LogP) is 3.01. The maximum atomic E-state index is 12.8. The summed E-state index contributed by atoms with van der Waals surface area (Å²) in [6.07, 6.45) is 1.04. The molecule has 0 fully saturated rings. The molecule has 0 amide bonds. The van der Waals surface area contributed by atoms with E-state index in [0.29, 0.717) is 11.3 Å². The van der Waals surface area contributed by atoms with E-state index in [-0.39, 0.29) is 26.4 Å². The minimum absolute atomic E-state index is 0.102. The third-order valence-corrected chi connectivity index (χ3v) is 6.46. The molecule has 29 heavy (non-hydrogen) atoms. The molecule has 0 unspecified atom stereocenters. The number of ether oxygens (including phenoxy) is 1. The van der Waals surface area contributed by atoms with Crippen LogP contribution in [0.2, 0.25) is 5.02 Å². The maximum Gasteiger partial charge on any atom is 0.265 e. The third-order valence-electron chi connectivity index (χ3n) is 3.85. The molecule has 3 aromatic rings. The summed E-state index contributed by atoms with van der Waals surface area (Å²) in [6, 6.07) is 13.6. The lowest BCUT2D eigenvalue weighted by molar-refractivity contribution is 0.403. The lowest BCUT2D eigenvalue weighted by Crippen LogP contribution is -2.14. The van der Waals surface area contributed by atoms with Crippen LogP contribution in [0.3, 0.4) is 0 Å². The molecule has 152 valence electrons. The zero-order valence-corrected chi connectivity index (χ0v) is 17.7. The number of nitrogens with zero attached hydrogens (tertiary/aromatic N) is 2. The van der Waals surface area contributed by atoms with Crippen LogP contribution in [-0.2, 0) is 19.9 Å². The van der Waals surface area contributed by atoms with Crippen LogP contribution < -0.4 is 9.46 Å². The van der Waals surface area contributed by atoms with E-state index < -0.39 is 19.9 Å². The summed E-state index contributed by atoms with van der Waals surface area (Å²) in [4.78, 5) is -0.102. The Hall–Kier alpha value is -2.69. The third kappa shape index (κ3) is 4.84. The van der Waals surface area contributed by atoms with Gasteiger partial charge in [0.15, 0.2) is 14.9 Å². The van der Waals surface area contributed by atoms with E-state index in [9.17, 15) is 16.8 Å². The number of hydrogen-bond donors (Lipinski definition) is 1. The fraction of sp³-hybridized carbons (Fsp3) is 0.111. The van der Waals surface area contributed by atoms with Crippen LogP contribution in [0.1, 0.15) is 0 Å². The van der Waals surface area contributed by atoms with E-state index in [0.717, 1.165) is 6.26 Å². The van der Waals surface area contributed by atoms with Crippen molar-refractivity contribution in [2.24, 2.45) is 0 Å². The van der Waals surface area contributed by atoms with Gasteiger partial charge in [-0.25, -0.2) is 16.8 Å². The summed E-state index contributed by atoms with van der Waals surface area (Å²) >= 11 is 5.93. The summed E-state index contributed by atoms with van der Waals surface area (Å²) in [5, 5.41) is 7.71. The summed E-state index contributed by atoms with van der Waals surface area (Å²) in [5.41, 5.74) is 1.22. The summed E-state index contributed by atoms with van der Waals surface area (Å²) in [5.74, 6) is 0.153. The van der Waals surface area contributed by atoms with E-state index in [1.807, 2.05) is 0 Å². The van der Waals surface area contributed by atoms with E-state index in [1.165, 1.54) is 37.4 Å². The number of hydrogen-bond acceptors (Lipinski definition) is 7. The highest BCUT2D eigenvalue weighted by atomic mass is 35.5. The fourth-order valence-electron chi connectivity index (χ4n) is 2.48. The van der Waals surface area contributed by atoms with E-state index in [2.05, 4.69) is 14.9 Å². The monoisotopic (exact) mass is 453 g/mol. The molecule has 0 saturated carbocycles. The van der Waals surface area contributed by atoms with Gasteiger partial charge in [0, 0.05) is 22.5 Å². The van der Waals surface area contributed by atoms with Crippen molar-refractivity contribution >= 4 is 37.1 Å². The Morgan fingerprint density at radius 3 is 2.34 bits per heavy atom. The Kier molecular flexibility index (Phi) is 5.78. The predicted molar refractivity (Wildman–Crippen MR) is 109 cm³/mol. The minimum Gasteiger partial charge on any atom is -0.495 e. The van der Waals surface area contributed by atoms with Crippen LogP contribution in [0.5, 0.6) is 5.75 Å². The number of nitrogens with one attached hydrogen (secondary N) is 1. The second-order valence-corrected chi connectivity index (χ2v) is 10.1. The molecule has 0 aliphatic rings. The molecule has 0 saturated heterocycles. The van der Waals surface area contributed by atoms with Crippen LogP contribution in [0.4, 0.5) is 5.69 Å². The highest BCUT2D eigenvalue weighted by molar-refractivity contribution is 7.92. The second-order valence-electron chi connectivity index (χ2n) is 6.01. The topological polar surface area (TPSA) is 115 Å². The largest absolute Gasteiger partial charge is 0.495 e. The van der Waals surface area contributed by atoms with Gasteiger partial charge in [-0.3, -0.25) is 4.72 Å². The summed E-state index contributed by atoms with van der Waals surface area (Å²) in [6.45, 7) is 0. The standard InChI is InChI=1S/C18H16ClN3O5S2/c1-27-16-8-6-13(19)11-17(16)29(25,26)22-14-5-3-4-12(10-14)15-7-9-18(21-20-15)28(2,23)24/h3-11,22H,1-2H3. The lowest BCUT2D eigenvalue weighted by Gasteiger charge is -2.12. The Labute approximate surface area is 173 Å². The normalized spacial score (nSPS) is 11.8. The number of methoxy groups -OCH3 is 1. The average molecular weight is 454 g/mol.